The molecule has 4 rings (SSSR count). The van der Waals surface area contributed by atoms with Crippen LogP contribution in [0.3, 0.4) is 0 Å². The molecule has 1 N–H and O–H groups in total. The second-order valence-corrected chi connectivity index (χ2v) is 10.2. The van der Waals surface area contributed by atoms with Crippen molar-refractivity contribution < 1.29 is 36.9 Å². The lowest BCUT2D eigenvalue weighted by molar-refractivity contribution is -0.141. The lowest BCUT2D eigenvalue weighted by Crippen LogP contribution is -2.54. The largest absolute Gasteiger partial charge is 0.446 e. The van der Waals surface area contributed by atoms with Crippen LogP contribution in [0.5, 0.6) is 11.6 Å². The van der Waals surface area contributed by atoms with Gasteiger partial charge in [0.1, 0.15) is 23.3 Å². The van der Waals surface area contributed by atoms with E-state index < -0.39 is 40.8 Å². The minimum Gasteiger partial charge on any atom is -0.446 e. The van der Waals surface area contributed by atoms with Crippen molar-refractivity contribution >= 4 is 12.0 Å². The second-order valence-electron chi connectivity index (χ2n) is 10.2. The topological polar surface area (TPSA) is 88.0 Å². The molecule has 1 aliphatic carbocycles. The zero-order valence-corrected chi connectivity index (χ0v) is 20.2. The summed E-state index contributed by atoms with van der Waals surface area (Å²) in [6, 6.07) is 5.56. The Labute approximate surface area is 205 Å². The van der Waals surface area contributed by atoms with Crippen molar-refractivity contribution in [3.8, 4) is 11.6 Å². The number of benzene rings is 1. The first kappa shape index (κ1) is 25.9. The number of amides is 1. The summed E-state index contributed by atoms with van der Waals surface area (Å²) >= 11 is 0. The first-order valence-corrected chi connectivity index (χ1v) is 11.6. The normalized spacial score (nSPS) is 20.4. The van der Waals surface area contributed by atoms with E-state index in [2.05, 4.69) is 9.97 Å². The molecule has 2 aliphatic rings. The Hall–Kier alpha value is -3.15. The maximum atomic E-state index is 13.6. The maximum Gasteiger partial charge on any atom is 0.433 e. The van der Waals surface area contributed by atoms with Gasteiger partial charge >= 0.3 is 12.3 Å². The molecule has 1 atom stereocenters. The Kier molecular flexibility index (Phi) is 6.76. The number of ether oxygens (including phenoxy) is 2. The Balaban J connectivity index is 1.56. The summed E-state index contributed by atoms with van der Waals surface area (Å²) in [6.45, 7) is 5.38. The van der Waals surface area contributed by atoms with E-state index in [-0.39, 0.29) is 43.9 Å². The van der Waals surface area contributed by atoms with E-state index in [0.29, 0.717) is 6.07 Å². The number of hydrogen-bond donors (Lipinski definition) is 1. The fourth-order valence-corrected chi connectivity index (χ4v) is 3.82. The van der Waals surface area contributed by atoms with Gasteiger partial charge < -0.3 is 24.4 Å². The van der Waals surface area contributed by atoms with Crippen LogP contribution in [0.2, 0.25) is 0 Å². The van der Waals surface area contributed by atoms with Gasteiger partial charge in [0.05, 0.1) is 13.1 Å². The first-order valence-electron chi connectivity index (χ1n) is 11.6. The molecular weight excluding hydrogens is 484 g/mol. The molecule has 2 aromatic rings. The van der Waals surface area contributed by atoms with E-state index in [9.17, 15) is 27.5 Å². The van der Waals surface area contributed by atoms with Crippen molar-refractivity contribution in [1.82, 2.24) is 14.9 Å². The smallest absolute Gasteiger partial charge is 0.433 e. The number of rotatable bonds is 6. The lowest BCUT2D eigenvalue weighted by Gasteiger charge is -2.39. The molecule has 36 heavy (non-hydrogen) atoms. The predicted octanol–water partition coefficient (Wildman–Crippen LogP) is 4.77. The number of carbonyl (C=O) groups excluding carboxylic acids is 1. The molecule has 0 radical (unpaired) electrons. The summed E-state index contributed by atoms with van der Waals surface area (Å²) in [5.41, 5.74) is -3.33. The molecule has 12 heteroatoms. The Morgan fingerprint density at radius 1 is 1.22 bits per heavy atom. The van der Waals surface area contributed by atoms with Crippen molar-refractivity contribution in [2.45, 2.75) is 63.5 Å². The van der Waals surface area contributed by atoms with Crippen LogP contribution in [0.15, 0.2) is 30.3 Å². The Morgan fingerprint density at radius 3 is 2.56 bits per heavy atom. The molecule has 0 spiro atoms. The molecule has 0 bridgehead atoms. The summed E-state index contributed by atoms with van der Waals surface area (Å²) in [5.74, 6) is -1.36. The highest BCUT2D eigenvalue weighted by atomic mass is 19.4. The molecule has 1 aliphatic heterocycles. The van der Waals surface area contributed by atoms with Crippen LogP contribution in [0.1, 0.15) is 45.7 Å². The highest BCUT2D eigenvalue weighted by Crippen LogP contribution is 2.35. The lowest BCUT2D eigenvalue weighted by atomic mass is 9.98. The SMILES string of the molecule is CC(C)(C)N(CC1(O)CCN(c2nc(Oc3cccc(F)c3)cc(C(F)(F)F)n2)C1)C(=O)OC1CC1. The van der Waals surface area contributed by atoms with Gasteiger partial charge in [-0.3, -0.25) is 0 Å². The molecule has 1 aromatic heterocycles. The van der Waals surface area contributed by atoms with Crippen molar-refractivity contribution in [3.05, 3.63) is 41.8 Å². The zero-order chi connectivity index (χ0) is 26.3. The fourth-order valence-electron chi connectivity index (χ4n) is 3.82. The molecule has 2 heterocycles. The average molecular weight is 513 g/mol. The van der Waals surface area contributed by atoms with E-state index in [1.165, 1.54) is 28.0 Å². The van der Waals surface area contributed by atoms with Crippen molar-refractivity contribution in [3.63, 3.8) is 0 Å². The molecule has 1 saturated carbocycles. The summed E-state index contributed by atoms with van der Waals surface area (Å²) in [4.78, 5) is 23.3. The highest BCUT2D eigenvalue weighted by Gasteiger charge is 2.44. The minimum absolute atomic E-state index is 0.0271. The van der Waals surface area contributed by atoms with Gasteiger partial charge in [0.25, 0.3) is 0 Å². The first-order chi connectivity index (χ1) is 16.7. The average Bonchev–Trinajstić information content (AvgIpc) is 3.49. The minimum atomic E-state index is -4.79. The van der Waals surface area contributed by atoms with Gasteiger partial charge in [0.2, 0.25) is 11.8 Å². The monoisotopic (exact) mass is 512 g/mol. The zero-order valence-electron chi connectivity index (χ0n) is 20.2. The number of halogens is 4. The Morgan fingerprint density at radius 2 is 1.94 bits per heavy atom. The van der Waals surface area contributed by atoms with Gasteiger partial charge in [-0.25, -0.2) is 14.2 Å². The quantitative estimate of drug-likeness (QED) is 0.558. The number of anilines is 1. The molecule has 196 valence electrons. The molecule has 1 amide bonds. The van der Waals surface area contributed by atoms with Crippen LogP contribution in [0.25, 0.3) is 0 Å². The van der Waals surface area contributed by atoms with Gasteiger partial charge in [-0.1, -0.05) is 6.07 Å². The van der Waals surface area contributed by atoms with E-state index in [0.717, 1.165) is 18.9 Å². The molecule has 8 nitrogen and oxygen atoms in total. The number of β-amino-alcohol motifs (C(OH)–C–C–N with tert-alkyl or cyclic N) is 1. The predicted molar refractivity (Wildman–Crippen MR) is 121 cm³/mol. The molecule has 2 fully saturated rings. The summed E-state index contributed by atoms with van der Waals surface area (Å²) in [6.07, 6.45) is -3.69. The van der Waals surface area contributed by atoms with Gasteiger partial charge in [-0.15, -0.1) is 0 Å². The third-order valence-electron chi connectivity index (χ3n) is 5.89. The van der Waals surface area contributed by atoms with Crippen LogP contribution in [0, 0.1) is 5.82 Å². The van der Waals surface area contributed by atoms with E-state index in [1.807, 2.05) is 20.8 Å². The third-order valence-corrected chi connectivity index (χ3v) is 5.89. The van der Waals surface area contributed by atoms with Crippen LogP contribution >= 0.6 is 0 Å². The van der Waals surface area contributed by atoms with Crippen LogP contribution in [-0.4, -0.2) is 62.9 Å². The molecular formula is C24H28F4N4O4. The number of carbonyl (C=O) groups is 1. The summed E-state index contributed by atoms with van der Waals surface area (Å²) in [7, 11) is 0. The van der Waals surface area contributed by atoms with Gasteiger partial charge in [-0.05, 0) is 52.2 Å². The van der Waals surface area contributed by atoms with E-state index in [4.69, 9.17) is 9.47 Å². The van der Waals surface area contributed by atoms with Gasteiger partial charge in [0, 0.05) is 24.2 Å². The van der Waals surface area contributed by atoms with Crippen LogP contribution in [0.4, 0.5) is 28.3 Å². The molecule has 1 aromatic carbocycles. The third kappa shape index (κ3) is 6.34. The van der Waals surface area contributed by atoms with Gasteiger partial charge in [-0.2, -0.15) is 18.2 Å². The van der Waals surface area contributed by atoms with Gasteiger partial charge in [0.15, 0.2) is 5.69 Å². The number of nitrogens with zero attached hydrogens (tertiary/aromatic N) is 4. The molecule has 1 saturated heterocycles. The highest BCUT2D eigenvalue weighted by molar-refractivity contribution is 5.69. The van der Waals surface area contributed by atoms with Crippen LogP contribution in [-0.2, 0) is 10.9 Å². The number of hydrogen-bond acceptors (Lipinski definition) is 7. The van der Waals surface area contributed by atoms with Crippen molar-refractivity contribution in [2.24, 2.45) is 0 Å². The number of alkyl halides is 3. The standard InChI is InChI=1S/C24H28F4N4O4/c1-22(2,3)32(21(33)36-16-7-8-16)14-23(34)9-10-31(13-23)20-29-18(24(26,27)28)12-19(30-20)35-17-6-4-5-15(25)11-17/h4-6,11-12,16,34H,7-10,13-14H2,1-3H3. The van der Waals surface area contributed by atoms with E-state index >= 15 is 0 Å². The van der Waals surface area contributed by atoms with Crippen LogP contribution < -0.4 is 9.64 Å². The second kappa shape index (κ2) is 9.38. The molecule has 1 unspecified atom stereocenters. The summed E-state index contributed by atoms with van der Waals surface area (Å²) in [5, 5.41) is 11.3. The van der Waals surface area contributed by atoms with Crippen molar-refractivity contribution in [1.29, 1.82) is 0 Å². The Bertz CT molecular complexity index is 1120. The fraction of sp³-hybridized carbons (Fsp3) is 0.542. The summed E-state index contributed by atoms with van der Waals surface area (Å²) < 4.78 is 65.0. The number of aromatic nitrogens is 2. The maximum absolute atomic E-state index is 13.6. The van der Waals surface area contributed by atoms with Crippen molar-refractivity contribution in [2.75, 3.05) is 24.5 Å². The van der Waals surface area contributed by atoms with E-state index in [1.54, 1.807) is 0 Å². The number of aliphatic hydroxyl groups is 1.